The Hall–Kier alpha value is -2.30. The van der Waals surface area contributed by atoms with Crippen LogP contribution in [0, 0.1) is 13.8 Å². The molecule has 1 aromatic carbocycles. The number of aryl methyl sites for hydroxylation is 2. The summed E-state index contributed by atoms with van der Waals surface area (Å²) in [6, 6.07) is 5.72. The molecule has 0 aliphatic carbocycles. The summed E-state index contributed by atoms with van der Waals surface area (Å²) in [6.45, 7) is 5.11. The average molecular weight is 312 g/mol. The minimum Gasteiger partial charge on any atom is -0.464 e. The van der Waals surface area contributed by atoms with Crippen LogP contribution in [0.3, 0.4) is 0 Å². The zero-order valence-corrected chi connectivity index (χ0v) is 13.4. The summed E-state index contributed by atoms with van der Waals surface area (Å²) in [5, 5.41) is 1.07. The van der Waals surface area contributed by atoms with Gasteiger partial charge in [0.25, 0.3) is 5.91 Å². The van der Waals surface area contributed by atoms with Crippen LogP contribution in [0.1, 0.15) is 40.9 Å². The quantitative estimate of drug-likeness (QED) is 0.824. The van der Waals surface area contributed by atoms with Crippen molar-refractivity contribution in [1.82, 2.24) is 9.88 Å². The Morgan fingerprint density at radius 2 is 2.13 bits per heavy atom. The number of benzene rings is 1. The van der Waals surface area contributed by atoms with E-state index < -0.39 is 5.54 Å². The van der Waals surface area contributed by atoms with Crippen molar-refractivity contribution in [1.29, 1.82) is 0 Å². The predicted molar refractivity (Wildman–Crippen MR) is 86.4 cm³/mol. The molecule has 0 saturated carbocycles. The number of fused-ring (bicyclic) bond motifs is 1. The molecule has 2 fully saturated rings. The third-order valence-corrected chi connectivity index (χ3v) is 5.42. The fourth-order valence-corrected chi connectivity index (χ4v) is 3.95. The normalized spacial score (nSPS) is 23.9. The zero-order valence-electron chi connectivity index (χ0n) is 13.4. The Kier molecular flexibility index (Phi) is 3.01. The summed E-state index contributed by atoms with van der Waals surface area (Å²) >= 11 is 0. The molecule has 3 heterocycles. The number of aromatic nitrogens is 1. The summed E-state index contributed by atoms with van der Waals surface area (Å²) in [7, 11) is 0. The smallest absolute Gasteiger partial charge is 0.332 e. The number of nitrogens with zero attached hydrogens (tertiary/aromatic N) is 1. The molecule has 1 atom stereocenters. The Morgan fingerprint density at radius 1 is 1.30 bits per heavy atom. The topological polar surface area (TPSA) is 62.4 Å². The fraction of sp³-hybridized carbons (Fsp3) is 0.444. The second-order valence-corrected chi connectivity index (χ2v) is 6.61. The SMILES string of the molecule is Cc1[nH]c2ccc(C(=O)N3CCCC34CCOC4=O)cc2c1C. The second kappa shape index (κ2) is 4.85. The summed E-state index contributed by atoms with van der Waals surface area (Å²) in [5.41, 5.74) is 3.22. The van der Waals surface area contributed by atoms with Gasteiger partial charge in [-0.05, 0) is 50.5 Å². The van der Waals surface area contributed by atoms with Crippen molar-refractivity contribution in [2.45, 2.75) is 38.6 Å². The van der Waals surface area contributed by atoms with E-state index in [0.29, 0.717) is 31.6 Å². The number of H-pyrrole nitrogens is 1. The number of rotatable bonds is 1. The number of hydrogen-bond donors (Lipinski definition) is 1. The molecule has 2 aliphatic heterocycles. The lowest BCUT2D eigenvalue weighted by atomic mass is 9.94. The van der Waals surface area contributed by atoms with Gasteiger partial charge in [0.15, 0.2) is 0 Å². The number of carbonyl (C=O) groups is 2. The van der Waals surface area contributed by atoms with Crippen molar-refractivity contribution < 1.29 is 14.3 Å². The summed E-state index contributed by atoms with van der Waals surface area (Å²) in [6.07, 6.45) is 2.18. The molecule has 2 aromatic rings. The van der Waals surface area contributed by atoms with E-state index in [1.807, 2.05) is 32.0 Å². The van der Waals surface area contributed by atoms with Crippen molar-refractivity contribution in [3.05, 3.63) is 35.0 Å². The minimum absolute atomic E-state index is 0.0681. The van der Waals surface area contributed by atoms with Gasteiger partial charge in [0, 0.05) is 35.1 Å². The predicted octanol–water partition coefficient (Wildman–Crippen LogP) is 2.71. The van der Waals surface area contributed by atoms with Gasteiger partial charge in [-0.2, -0.15) is 0 Å². The van der Waals surface area contributed by atoms with Gasteiger partial charge in [-0.25, -0.2) is 4.79 Å². The Labute approximate surface area is 134 Å². The number of esters is 1. The Balaban J connectivity index is 1.74. The van der Waals surface area contributed by atoms with E-state index in [4.69, 9.17) is 4.74 Å². The maximum absolute atomic E-state index is 13.0. The van der Waals surface area contributed by atoms with Gasteiger partial charge in [0.1, 0.15) is 5.54 Å². The molecule has 1 amide bonds. The molecule has 1 aromatic heterocycles. The first kappa shape index (κ1) is 14.3. The van der Waals surface area contributed by atoms with Crippen LogP contribution in [0.2, 0.25) is 0 Å². The van der Waals surface area contributed by atoms with Crippen LogP contribution in [0.5, 0.6) is 0 Å². The van der Waals surface area contributed by atoms with Crippen LogP contribution < -0.4 is 0 Å². The van der Waals surface area contributed by atoms with Crippen molar-refractivity contribution in [2.24, 2.45) is 0 Å². The van der Waals surface area contributed by atoms with E-state index in [1.165, 1.54) is 0 Å². The highest BCUT2D eigenvalue weighted by Gasteiger charge is 2.53. The standard InChI is InChI=1S/C18H20N2O3/c1-11-12(2)19-15-5-4-13(10-14(11)15)16(21)20-8-3-6-18(20)7-9-23-17(18)22/h4-5,10,19H,3,6-9H2,1-2H3. The van der Waals surface area contributed by atoms with E-state index in [-0.39, 0.29) is 11.9 Å². The molecule has 2 aliphatic rings. The summed E-state index contributed by atoms with van der Waals surface area (Å²) < 4.78 is 5.16. The lowest BCUT2D eigenvalue weighted by molar-refractivity contribution is -0.145. The maximum Gasteiger partial charge on any atom is 0.332 e. The first-order chi connectivity index (χ1) is 11.0. The van der Waals surface area contributed by atoms with Crippen molar-refractivity contribution in [2.75, 3.05) is 13.2 Å². The van der Waals surface area contributed by atoms with Crippen LogP contribution in [-0.4, -0.2) is 40.5 Å². The van der Waals surface area contributed by atoms with Gasteiger partial charge in [0.2, 0.25) is 0 Å². The molecule has 1 spiro atoms. The van der Waals surface area contributed by atoms with Crippen molar-refractivity contribution >= 4 is 22.8 Å². The second-order valence-electron chi connectivity index (χ2n) is 6.61. The molecule has 1 unspecified atom stereocenters. The number of aromatic amines is 1. The van der Waals surface area contributed by atoms with Gasteiger partial charge in [-0.3, -0.25) is 4.79 Å². The molecule has 120 valence electrons. The monoisotopic (exact) mass is 312 g/mol. The molecule has 1 N–H and O–H groups in total. The molecule has 5 heteroatoms. The third-order valence-electron chi connectivity index (χ3n) is 5.42. The van der Waals surface area contributed by atoms with Gasteiger partial charge in [-0.1, -0.05) is 0 Å². The van der Waals surface area contributed by atoms with E-state index in [9.17, 15) is 9.59 Å². The molecule has 4 rings (SSSR count). The van der Waals surface area contributed by atoms with Crippen LogP contribution in [0.15, 0.2) is 18.2 Å². The number of amides is 1. The Morgan fingerprint density at radius 3 is 2.87 bits per heavy atom. The molecular weight excluding hydrogens is 292 g/mol. The average Bonchev–Trinajstić information content (AvgIpc) is 3.21. The van der Waals surface area contributed by atoms with Gasteiger partial charge in [0.05, 0.1) is 6.61 Å². The van der Waals surface area contributed by atoms with Crippen LogP contribution in [0.25, 0.3) is 10.9 Å². The van der Waals surface area contributed by atoms with E-state index in [0.717, 1.165) is 28.6 Å². The summed E-state index contributed by atoms with van der Waals surface area (Å²) in [4.78, 5) is 30.3. The largest absolute Gasteiger partial charge is 0.464 e. The van der Waals surface area contributed by atoms with Crippen LogP contribution in [0.4, 0.5) is 0 Å². The summed E-state index contributed by atoms with van der Waals surface area (Å²) in [5.74, 6) is -0.306. The number of ether oxygens (including phenoxy) is 1. The molecule has 5 nitrogen and oxygen atoms in total. The number of cyclic esters (lactones) is 1. The lowest BCUT2D eigenvalue weighted by Crippen LogP contribution is -2.50. The van der Waals surface area contributed by atoms with Gasteiger partial charge >= 0.3 is 5.97 Å². The van der Waals surface area contributed by atoms with E-state index >= 15 is 0 Å². The fourth-order valence-electron chi connectivity index (χ4n) is 3.95. The minimum atomic E-state index is -0.727. The molecule has 2 saturated heterocycles. The van der Waals surface area contributed by atoms with Crippen LogP contribution in [-0.2, 0) is 9.53 Å². The highest BCUT2D eigenvalue weighted by molar-refractivity contribution is 6.02. The molecular formula is C18H20N2O3. The first-order valence-electron chi connectivity index (χ1n) is 8.11. The van der Waals surface area contributed by atoms with E-state index in [1.54, 1.807) is 4.90 Å². The zero-order chi connectivity index (χ0) is 16.2. The Bertz CT molecular complexity index is 819. The highest BCUT2D eigenvalue weighted by atomic mass is 16.5. The van der Waals surface area contributed by atoms with Gasteiger partial charge in [-0.15, -0.1) is 0 Å². The van der Waals surface area contributed by atoms with Crippen LogP contribution >= 0.6 is 0 Å². The lowest BCUT2D eigenvalue weighted by Gasteiger charge is -2.31. The molecule has 0 radical (unpaired) electrons. The number of hydrogen-bond acceptors (Lipinski definition) is 3. The van der Waals surface area contributed by atoms with Gasteiger partial charge < -0.3 is 14.6 Å². The molecule has 23 heavy (non-hydrogen) atoms. The van der Waals surface area contributed by atoms with Crippen molar-refractivity contribution in [3.8, 4) is 0 Å². The third kappa shape index (κ3) is 1.92. The van der Waals surface area contributed by atoms with Crippen molar-refractivity contribution in [3.63, 3.8) is 0 Å². The van der Waals surface area contributed by atoms with E-state index in [2.05, 4.69) is 4.98 Å². The maximum atomic E-state index is 13.0. The number of likely N-dealkylation sites (tertiary alicyclic amines) is 1. The molecule has 0 bridgehead atoms. The highest BCUT2D eigenvalue weighted by Crippen LogP contribution is 2.38. The number of carbonyl (C=O) groups excluding carboxylic acids is 2. The first-order valence-corrected chi connectivity index (χ1v) is 8.11. The number of nitrogens with one attached hydrogen (secondary N) is 1.